The summed E-state index contributed by atoms with van der Waals surface area (Å²) in [6.45, 7) is -1.25. The molecule has 8 atom stereocenters. The van der Waals surface area contributed by atoms with Gasteiger partial charge >= 0.3 is 0 Å². The Morgan fingerprint density at radius 2 is 1.00 bits per heavy atom. The molecule has 0 radical (unpaired) electrons. The molecule has 0 spiro atoms. The average molecular weight is 545 g/mol. The maximum atomic E-state index is 14.6. The van der Waals surface area contributed by atoms with Crippen LogP contribution in [0.3, 0.4) is 0 Å². The first-order valence-corrected chi connectivity index (χ1v) is 12.8. The summed E-state index contributed by atoms with van der Waals surface area (Å²) in [6, 6.07) is 30.0. The number of Topliss-reactive ketones (excluding diaryl/α,β-unsaturated/α-hetero) is 1. The van der Waals surface area contributed by atoms with E-state index in [4.69, 9.17) is 2.74 Å². The van der Waals surface area contributed by atoms with Crippen LogP contribution in [0.25, 0.3) is 0 Å². The summed E-state index contributed by atoms with van der Waals surface area (Å²) < 4.78 is 36.7. The Morgan fingerprint density at radius 1 is 0.625 bits per heavy atom. The molecule has 4 rings (SSSR count). The lowest BCUT2D eigenvalue weighted by Gasteiger charge is -2.53. The lowest BCUT2D eigenvalue weighted by molar-refractivity contribution is -0.269. The molecule has 0 saturated heterocycles. The molecule has 6 nitrogen and oxygen atoms in total. The highest BCUT2D eigenvalue weighted by molar-refractivity contribution is 5.91. The van der Waals surface area contributed by atoms with Crippen molar-refractivity contribution in [1.29, 1.82) is 0 Å². The van der Waals surface area contributed by atoms with Crippen LogP contribution in [0.15, 0.2) is 121 Å². The second-order valence-corrected chi connectivity index (χ2v) is 9.64. The molecule has 0 fully saturated rings. The summed E-state index contributed by atoms with van der Waals surface area (Å²) in [5, 5.41) is 59.9. The molecule has 208 valence electrons. The molecule has 0 heterocycles. The van der Waals surface area contributed by atoms with Crippen LogP contribution in [0.4, 0.5) is 0 Å². The second-order valence-electron chi connectivity index (χ2n) is 9.64. The molecule has 0 aliphatic heterocycles. The van der Waals surface area contributed by atoms with Crippen molar-refractivity contribution in [2.45, 2.75) is 48.5 Å². The fraction of sp³-hybridized carbons (Fsp3) is 0.265. The second kappa shape index (κ2) is 12.7. The predicted octanol–water partition coefficient (Wildman–Crippen LogP) is 3.07. The fourth-order valence-electron chi connectivity index (χ4n) is 4.69. The Morgan fingerprint density at radius 3 is 1.43 bits per heavy atom. The van der Waals surface area contributed by atoms with E-state index in [2.05, 4.69) is 0 Å². The van der Waals surface area contributed by atoms with Crippen molar-refractivity contribution in [1.82, 2.24) is 0 Å². The molecule has 40 heavy (non-hydrogen) atoms. The monoisotopic (exact) mass is 544 g/mol. The van der Waals surface area contributed by atoms with Crippen LogP contribution in [0.1, 0.15) is 27.7 Å². The average Bonchev–Trinajstić information content (AvgIpc) is 3.09. The first-order valence-electron chi connectivity index (χ1n) is 15.2. The number of carbonyl (C=O) groups excluding carboxylic acids is 1. The van der Waals surface area contributed by atoms with E-state index >= 15 is 0 Å². The van der Waals surface area contributed by atoms with Gasteiger partial charge in [-0.25, -0.2) is 0 Å². The summed E-state index contributed by atoms with van der Waals surface area (Å²) in [7, 11) is 0. The molecule has 6 heteroatoms. The number of rotatable bonds is 13. The van der Waals surface area contributed by atoms with Crippen LogP contribution in [0.5, 0.6) is 0 Å². The Bertz CT molecular complexity index is 1500. The van der Waals surface area contributed by atoms with Crippen LogP contribution in [0.2, 0.25) is 0 Å². The third-order valence-corrected chi connectivity index (χ3v) is 6.88. The van der Waals surface area contributed by atoms with Crippen LogP contribution in [-0.4, -0.2) is 60.8 Å². The van der Waals surface area contributed by atoms with Gasteiger partial charge in [0.05, 0.1) is 6.61 Å². The maximum absolute atomic E-state index is 14.6. The van der Waals surface area contributed by atoms with Gasteiger partial charge in [-0.05, 0) is 22.3 Å². The minimum Gasteiger partial charge on any atom is -0.394 e. The van der Waals surface area contributed by atoms with Gasteiger partial charge in [0.15, 0.2) is 11.4 Å². The lowest BCUT2D eigenvalue weighted by atomic mass is 9.60. The zero-order valence-electron chi connectivity index (χ0n) is 25.8. The number of hydrogen-bond acceptors (Lipinski definition) is 6. The molecular weight excluding hydrogens is 504 g/mol. The number of benzene rings is 4. The Hall–Kier alpha value is -3.65. The van der Waals surface area contributed by atoms with Crippen LogP contribution in [-0.2, 0) is 30.4 Å². The molecule has 4 unspecified atom stereocenters. The lowest BCUT2D eigenvalue weighted by Crippen LogP contribution is -2.77. The molecule has 0 saturated carbocycles. The molecular formula is C34H36O6. The normalized spacial score (nSPS) is 21.3. The zero-order valence-corrected chi connectivity index (χ0v) is 21.8. The number of hydrogen-bond donors (Lipinski definition) is 5. The van der Waals surface area contributed by atoms with Crippen molar-refractivity contribution in [2.75, 3.05) is 6.61 Å². The highest BCUT2D eigenvalue weighted by Gasteiger charge is 2.66. The first-order chi connectivity index (χ1) is 21.0. The Kier molecular flexibility index (Phi) is 7.66. The SMILES string of the molecule is [2H]C(C(=O)[C@@](O)(C([2H])c1ccccc1)[C@](O)(C([2H])c1ccccc1)[C@@](O)(C([2H])c1ccccc1)[C@H](O)CO)c1ccccc1. The van der Waals surface area contributed by atoms with Gasteiger partial charge in [-0.1, -0.05) is 121 Å². The third-order valence-electron chi connectivity index (χ3n) is 6.88. The van der Waals surface area contributed by atoms with E-state index in [9.17, 15) is 33.1 Å². The van der Waals surface area contributed by atoms with Crippen LogP contribution in [0, 0.1) is 0 Å². The molecule has 5 N–H and O–H groups in total. The largest absolute Gasteiger partial charge is 0.394 e. The summed E-state index contributed by atoms with van der Waals surface area (Å²) in [5.41, 5.74) is -10.4. The van der Waals surface area contributed by atoms with Gasteiger partial charge in [0, 0.05) is 31.1 Å². The predicted molar refractivity (Wildman–Crippen MR) is 154 cm³/mol. The van der Waals surface area contributed by atoms with Gasteiger partial charge in [-0.15, -0.1) is 0 Å². The van der Waals surface area contributed by atoms with E-state index in [0.717, 1.165) is 0 Å². The molecule has 0 bridgehead atoms. The van der Waals surface area contributed by atoms with Crippen LogP contribution < -0.4 is 0 Å². The van der Waals surface area contributed by atoms with E-state index in [-0.39, 0.29) is 22.3 Å². The molecule has 0 aliphatic rings. The minimum absolute atomic E-state index is 0.00983. The van der Waals surface area contributed by atoms with E-state index < -0.39 is 60.9 Å². The van der Waals surface area contributed by atoms with E-state index in [0.29, 0.717) is 0 Å². The molecule has 0 aromatic heterocycles. The Balaban J connectivity index is 2.12. The van der Waals surface area contributed by atoms with Crippen LogP contribution >= 0.6 is 0 Å². The quantitative estimate of drug-likeness (QED) is 0.177. The van der Waals surface area contributed by atoms with Crippen molar-refractivity contribution in [2.24, 2.45) is 0 Å². The third kappa shape index (κ3) is 6.07. The molecule has 4 aromatic rings. The van der Waals surface area contributed by atoms with Gasteiger partial charge in [0.1, 0.15) is 17.3 Å². The van der Waals surface area contributed by atoms with Crippen molar-refractivity contribution >= 4 is 5.78 Å². The van der Waals surface area contributed by atoms with Gasteiger partial charge in [0.2, 0.25) is 0 Å². The Labute approximate surface area is 240 Å². The van der Waals surface area contributed by atoms with Crippen molar-refractivity contribution < 1.29 is 35.8 Å². The number of carbonyl (C=O) groups is 1. The van der Waals surface area contributed by atoms with Crippen molar-refractivity contribution in [3.63, 3.8) is 0 Å². The van der Waals surface area contributed by atoms with Gasteiger partial charge in [-0.3, -0.25) is 4.79 Å². The van der Waals surface area contributed by atoms with E-state index in [1.807, 2.05) is 0 Å². The maximum Gasteiger partial charge on any atom is 0.172 e. The minimum atomic E-state index is -3.60. The van der Waals surface area contributed by atoms with E-state index in [1.54, 1.807) is 36.4 Å². The van der Waals surface area contributed by atoms with E-state index in [1.165, 1.54) is 84.9 Å². The number of ketones is 1. The van der Waals surface area contributed by atoms with Gasteiger partial charge < -0.3 is 25.5 Å². The molecule has 0 amide bonds. The first kappa shape index (κ1) is 24.2. The molecule has 0 aliphatic carbocycles. The summed E-state index contributed by atoms with van der Waals surface area (Å²) in [6.07, 6.45) is -10.7. The fourth-order valence-corrected chi connectivity index (χ4v) is 4.69. The summed E-state index contributed by atoms with van der Waals surface area (Å²) >= 11 is 0. The standard InChI is InChI=1S/C34H36O6/c35-25-31(37)33(39,23-28-17-9-3-10-18-28)34(40,24-29-19-11-4-12-20-29)32(38,22-27-15-7-2-8-16-27)30(36)21-26-13-5-1-6-14-26/h1-20,31,35,37-40H,21-25H2/t31-,32+,33-,34-/m1/s1/i21D,22D,23D,24D/t21?,22?,23?,24?,31-,32+,33-,34-. The highest BCUT2D eigenvalue weighted by Crippen LogP contribution is 2.43. The number of aliphatic hydroxyl groups excluding tert-OH is 2. The van der Waals surface area contributed by atoms with Gasteiger partial charge in [0.25, 0.3) is 0 Å². The topological polar surface area (TPSA) is 118 Å². The number of aliphatic hydroxyl groups is 5. The smallest absolute Gasteiger partial charge is 0.172 e. The summed E-state index contributed by atoms with van der Waals surface area (Å²) in [4.78, 5) is 14.6. The molecule has 4 aromatic carbocycles. The highest BCUT2D eigenvalue weighted by atomic mass is 16.4. The zero-order chi connectivity index (χ0) is 32.1. The van der Waals surface area contributed by atoms with Gasteiger partial charge in [-0.2, -0.15) is 0 Å². The summed E-state index contributed by atoms with van der Waals surface area (Å²) in [5.74, 6) is -1.45. The van der Waals surface area contributed by atoms with Crippen molar-refractivity contribution in [3.05, 3.63) is 144 Å². The van der Waals surface area contributed by atoms with Crippen molar-refractivity contribution in [3.8, 4) is 0 Å².